The molecule has 2 saturated heterocycles. The molecule has 2 fully saturated rings. The smallest absolute Gasteiger partial charge is 0.0460 e. The van der Waals surface area contributed by atoms with E-state index in [0.717, 1.165) is 0 Å². The number of piperidine rings is 2. The second-order valence-corrected chi connectivity index (χ2v) is 6.69. The lowest BCUT2D eigenvalue weighted by Gasteiger charge is -2.44. The van der Waals surface area contributed by atoms with Gasteiger partial charge in [0.15, 0.2) is 0 Å². The summed E-state index contributed by atoms with van der Waals surface area (Å²) < 4.78 is 0. The van der Waals surface area contributed by atoms with Crippen molar-refractivity contribution in [3.8, 4) is 0 Å². The van der Waals surface area contributed by atoms with Crippen LogP contribution >= 0.6 is 0 Å². The topological polar surface area (TPSA) is 26.7 Å². The maximum absolute atomic E-state index is 9.19. The maximum Gasteiger partial charge on any atom is 0.0460 e. The molecule has 2 aliphatic rings. The van der Waals surface area contributed by atoms with E-state index in [4.69, 9.17) is 0 Å². The predicted octanol–water partition coefficient (Wildman–Crippen LogP) is 1.81. The Bertz CT molecular complexity index is 251. The molecule has 18 heavy (non-hydrogen) atoms. The van der Waals surface area contributed by atoms with Gasteiger partial charge in [0.05, 0.1) is 0 Å². The number of hydrogen-bond acceptors (Lipinski definition) is 3. The molecule has 2 aliphatic heterocycles. The molecule has 0 saturated carbocycles. The highest BCUT2D eigenvalue weighted by atomic mass is 16.3. The van der Waals surface area contributed by atoms with Gasteiger partial charge in [-0.05, 0) is 63.2 Å². The lowest BCUT2D eigenvalue weighted by Crippen LogP contribution is -2.49. The number of nitrogens with zero attached hydrogens (tertiary/aromatic N) is 2. The Balaban J connectivity index is 1.81. The summed E-state index contributed by atoms with van der Waals surface area (Å²) in [4.78, 5) is 5.23. The molecule has 0 aromatic rings. The van der Waals surface area contributed by atoms with Crippen LogP contribution in [0.4, 0.5) is 0 Å². The van der Waals surface area contributed by atoms with Crippen molar-refractivity contribution in [3.05, 3.63) is 0 Å². The molecule has 0 aromatic heterocycles. The molecular formula is C15H30N2O. The van der Waals surface area contributed by atoms with Crippen molar-refractivity contribution in [2.75, 3.05) is 45.9 Å². The highest BCUT2D eigenvalue weighted by Gasteiger charge is 2.33. The van der Waals surface area contributed by atoms with Gasteiger partial charge in [-0.3, -0.25) is 0 Å². The van der Waals surface area contributed by atoms with Crippen molar-refractivity contribution in [2.24, 2.45) is 11.3 Å². The zero-order valence-corrected chi connectivity index (χ0v) is 12.2. The standard InChI is InChI=1S/C15H30N2O/c1-3-16-8-4-7-15(2,12-16)13-17-9-5-14(11-18)6-10-17/h14,18H,3-13H2,1-2H3/t15-/m0/s1. The van der Waals surface area contributed by atoms with Crippen LogP contribution in [0, 0.1) is 11.3 Å². The minimum absolute atomic E-state index is 0.384. The number of aliphatic hydroxyl groups excluding tert-OH is 1. The van der Waals surface area contributed by atoms with Gasteiger partial charge < -0.3 is 14.9 Å². The van der Waals surface area contributed by atoms with Crippen LogP contribution in [0.2, 0.25) is 0 Å². The highest BCUT2D eigenvalue weighted by molar-refractivity contribution is 4.87. The second kappa shape index (κ2) is 6.36. The van der Waals surface area contributed by atoms with Crippen molar-refractivity contribution >= 4 is 0 Å². The first-order valence-electron chi connectivity index (χ1n) is 7.71. The third-order valence-corrected chi connectivity index (χ3v) is 4.88. The number of hydrogen-bond donors (Lipinski definition) is 1. The first-order valence-corrected chi connectivity index (χ1v) is 7.71. The van der Waals surface area contributed by atoms with Gasteiger partial charge >= 0.3 is 0 Å². The molecule has 2 rings (SSSR count). The fourth-order valence-corrected chi connectivity index (χ4v) is 3.69. The minimum Gasteiger partial charge on any atom is -0.396 e. The molecule has 0 bridgehead atoms. The van der Waals surface area contributed by atoms with E-state index in [1.54, 1.807) is 0 Å². The summed E-state index contributed by atoms with van der Waals surface area (Å²) in [6, 6.07) is 0. The number of likely N-dealkylation sites (tertiary alicyclic amines) is 2. The van der Waals surface area contributed by atoms with Crippen LogP contribution < -0.4 is 0 Å². The summed E-state index contributed by atoms with van der Waals surface area (Å²) in [5, 5.41) is 9.19. The fourth-order valence-electron chi connectivity index (χ4n) is 3.69. The van der Waals surface area contributed by atoms with E-state index in [0.29, 0.717) is 17.9 Å². The quantitative estimate of drug-likeness (QED) is 0.829. The molecule has 0 unspecified atom stereocenters. The minimum atomic E-state index is 0.384. The Labute approximate surface area is 112 Å². The lowest BCUT2D eigenvalue weighted by atomic mass is 9.80. The first-order chi connectivity index (χ1) is 8.65. The van der Waals surface area contributed by atoms with E-state index in [-0.39, 0.29) is 0 Å². The van der Waals surface area contributed by atoms with Crippen molar-refractivity contribution in [2.45, 2.75) is 39.5 Å². The van der Waals surface area contributed by atoms with Gasteiger partial charge in [-0.1, -0.05) is 13.8 Å². The van der Waals surface area contributed by atoms with E-state index < -0.39 is 0 Å². The number of aliphatic hydroxyl groups is 1. The average molecular weight is 254 g/mol. The number of rotatable bonds is 4. The van der Waals surface area contributed by atoms with Crippen molar-refractivity contribution in [1.29, 1.82) is 0 Å². The Hall–Kier alpha value is -0.120. The van der Waals surface area contributed by atoms with Crippen molar-refractivity contribution in [1.82, 2.24) is 9.80 Å². The van der Waals surface area contributed by atoms with Gasteiger partial charge in [0.25, 0.3) is 0 Å². The normalized spacial score (nSPS) is 32.8. The van der Waals surface area contributed by atoms with Gasteiger partial charge in [0.1, 0.15) is 0 Å². The fraction of sp³-hybridized carbons (Fsp3) is 1.00. The van der Waals surface area contributed by atoms with Crippen LogP contribution in [0.15, 0.2) is 0 Å². The Morgan fingerprint density at radius 2 is 1.89 bits per heavy atom. The van der Waals surface area contributed by atoms with E-state index in [2.05, 4.69) is 23.6 Å². The van der Waals surface area contributed by atoms with E-state index >= 15 is 0 Å². The predicted molar refractivity (Wildman–Crippen MR) is 75.7 cm³/mol. The molecule has 3 nitrogen and oxygen atoms in total. The van der Waals surface area contributed by atoms with Gasteiger partial charge in [-0.2, -0.15) is 0 Å². The molecule has 0 amide bonds. The summed E-state index contributed by atoms with van der Waals surface area (Å²) in [6.45, 7) is 12.5. The molecule has 0 aliphatic carbocycles. The zero-order valence-electron chi connectivity index (χ0n) is 12.2. The van der Waals surface area contributed by atoms with Crippen LogP contribution in [0.1, 0.15) is 39.5 Å². The van der Waals surface area contributed by atoms with Crippen LogP contribution in [0.3, 0.4) is 0 Å². The molecule has 1 N–H and O–H groups in total. The molecule has 2 heterocycles. The molecule has 106 valence electrons. The van der Waals surface area contributed by atoms with Crippen LogP contribution in [-0.2, 0) is 0 Å². The van der Waals surface area contributed by atoms with Gasteiger partial charge in [0, 0.05) is 19.7 Å². The van der Waals surface area contributed by atoms with Gasteiger partial charge in [0.2, 0.25) is 0 Å². The third kappa shape index (κ3) is 3.69. The SMILES string of the molecule is CCN1CCC[C@](C)(CN2CCC(CO)CC2)C1. The Morgan fingerprint density at radius 3 is 2.50 bits per heavy atom. The van der Waals surface area contributed by atoms with Crippen LogP contribution in [0.25, 0.3) is 0 Å². The monoisotopic (exact) mass is 254 g/mol. The lowest BCUT2D eigenvalue weighted by molar-refractivity contribution is 0.0451. The Kier molecular flexibility index (Phi) is 5.05. The summed E-state index contributed by atoms with van der Waals surface area (Å²) in [6.07, 6.45) is 5.11. The molecule has 0 radical (unpaired) electrons. The summed E-state index contributed by atoms with van der Waals surface area (Å²) in [5.74, 6) is 0.563. The summed E-state index contributed by atoms with van der Waals surface area (Å²) >= 11 is 0. The maximum atomic E-state index is 9.19. The molecular weight excluding hydrogens is 224 g/mol. The van der Waals surface area contributed by atoms with Crippen LogP contribution in [-0.4, -0.2) is 60.8 Å². The van der Waals surface area contributed by atoms with Crippen molar-refractivity contribution in [3.63, 3.8) is 0 Å². The molecule has 0 aromatic carbocycles. The third-order valence-electron chi connectivity index (χ3n) is 4.88. The average Bonchev–Trinajstić information content (AvgIpc) is 2.39. The second-order valence-electron chi connectivity index (χ2n) is 6.69. The molecule has 0 spiro atoms. The molecule has 3 heteroatoms. The van der Waals surface area contributed by atoms with Crippen LogP contribution in [0.5, 0.6) is 0 Å². The van der Waals surface area contributed by atoms with Crippen molar-refractivity contribution < 1.29 is 5.11 Å². The Morgan fingerprint density at radius 1 is 1.17 bits per heavy atom. The van der Waals surface area contributed by atoms with Gasteiger partial charge in [-0.15, -0.1) is 0 Å². The largest absolute Gasteiger partial charge is 0.396 e. The van der Waals surface area contributed by atoms with Gasteiger partial charge in [-0.25, -0.2) is 0 Å². The van der Waals surface area contributed by atoms with E-state index in [1.807, 2.05) is 0 Å². The first kappa shape index (κ1) is 14.3. The summed E-state index contributed by atoms with van der Waals surface area (Å²) in [7, 11) is 0. The zero-order chi connectivity index (χ0) is 13.0. The molecule has 1 atom stereocenters. The summed E-state index contributed by atoms with van der Waals surface area (Å²) in [5.41, 5.74) is 0.486. The highest BCUT2D eigenvalue weighted by Crippen LogP contribution is 2.31. The van der Waals surface area contributed by atoms with E-state index in [9.17, 15) is 5.11 Å². The van der Waals surface area contributed by atoms with E-state index in [1.165, 1.54) is 65.0 Å².